The third-order valence-electron chi connectivity index (χ3n) is 4.96. The molecular formula is C21H24N6O3S. The quantitative estimate of drug-likeness (QED) is 0.347. The number of hydrogen-bond acceptors (Lipinski definition) is 8. The lowest BCUT2D eigenvalue weighted by Crippen LogP contribution is -2.13. The van der Waals surface area contributed by atoms with Crippen molar-refractivity contribution in [1.82, 2.24) is 15.2 Å². The van der Waals surface area contributed by atoms with Crippen LogP contribution >= 0.6 is 11.3 Å². The zero-order valence-corrected chi connectivity index (χ0v) is 18.3. The van der Waals surface area contributed by atoms with Crippen molar-refractivity contribution in [2.75, 3.05) is 10.6 Å². The second kappa shape index (κ2) is 10.1. The number of hydrogen-bond donors (Lipinski definition) is 2. The summed E-state index contributed by atoms with van der Waals surface area (Å²) in [6.07, 6.45) is 3.55. The van der Waals surface area contributed by atoms with Gasteiger partial charge >= 0.3 is 0 Å². The Bertz CT molecular complexity index is 1050. The number of nitro groups is 1. The van der Waals surface area contributed by atoms with Crippen LogP contribution in [-0.2, 0) is 0 Å². The molecule has 162 valence electrons. The van der Waals surface area contributed by atoms with Gasteiger partial charge in [-0.05, 0) is 44.0 Å². The van der Waals surface area contributed by atoms with Crippen LogP contribution in [-0.4, -0.2) is 26.0 Å². The van der Waals surface area contributed by atoms with Gasteiger partial charge in [-0.1, -0.05) is 31.3 Å². The molecule has 1 amide bonds. The summed E-state index contributed by atoms with van der Waals surface area (Å²) in [5.74, 6) is -0.171. The molecule has 0 saturated heterocycles. The standard InChI is InChI=1S/C21H24N6O3S/c1-4-14(5-2)20-25-26-21(31-20)24-19(28)15-9-10-17(18(12-15)27(29)30)23-13(3)16-8-6-7-11-22-16/h6-14,23H,4-5H2,1-3H3,(H,24,26,28). The van der Waals surface area contributed by atoms with E-state index in [9.17, 15) is 14.9 Å². The van der Waals surface area contributed by atoms with Gasteiger partial charge in [0.15, 0.2) is 0 Å². The first-order valence-electron chi connectivity index (χ1n) is 10.0. The van der Waals surface area contributed by atoms with E-state index in [1.165, 1.54) is 23.5 Å². The van der Waals surface area contributed by atoms with E-state index in [1.807, 2.05) is 19.1 Å². The molecule has 0 aliphatic heterocycles. The van der Waals surface area contributed by atoms with Crippen LogP contribution in [0.25, 0.3) is 0 Å². The van der Waals surface area contributed by atoms with Gasteiger partial charge < -0.3 is 5.32 Å². The Hall–Kier alpha value is -3.40. The smallest absolute Gasteiger partial charge is 0.293 e. The predicted octanol–water partition coefficient (Wildman–Crippen LogP) is 5.17. The van der Waals surface area contributed by atoms with Crippen LogP contribution in [0.15, 0.2) is 42.6 Å². The summed E-state index contributed by atoms with van der Waals surface area (Å²) in [6.45, 7) is 6.02. The van der Waals surface area contributed by atoms with Crippen LogP contribution in [0, 0.1) is 10.1 Å². The molecule has 0 saturated carbocycles. The van der Waals surface area contributed by atoms with Crippen LogP contribution in [0.5, 0.6) is 0 Å². The van der Waals surface area contributed by atoms with Crippen molar-refractivity contribution in [3.63, 3.8) is 0 Å². The van der Waals surface area contributed by atoms with Gasteiger partial charge in [0.05, 0.1) is 16.7 Å². The minimum atomic E-state index is -0.513. The molecule has 10 heteroatoms. The molecule has 1 atom stereocenters. The number of rotatable bonds is 9. The normalized spacial score (nSPS) is 11.9. The summed E-state index contributed by atoms with van der Waals surface area (Å²) in [4.78, 5) is 28.0. The molecule has 2 heterocycles. The summed E-state index contributed by atoms with van der Waals surface area (Å²) in [5.41, 5.74) is 1.04. The summed E-state index contributed by atoms with van der Waals surface area (Å²) >= 11 is 1.33. The Morgan fingerprint density at radius 1 is 1.19 bits per heavy atom. The second-order valence-corrected chi connectivity index (χ2v) is 8.03. The first-order valence-corrected chi connectivity index (χ1v) is 10.8. The van der Waals surface area contributed by atoms with Crippen LogP contribution in [0.4, 0.5) is 16.5 Å². The summed E-state index contributed by atoms with van der Waals surface area (Å²) in [5, 5.41) is 26.8. The molecular weight excluding hydrogens is 416 g/mol. The van der Waals surface area contributed by atoms with Crippen molar-refractivity contribution in [3.8, 4) is 0 Å². The number of nitro benzene ring substituents is 1. The summed E-state index contributed by atoms with van der Waals surface area (Å²) in [6, 6.07) is 9.57. The van der Waals surface area contributed by atoms with Gasteiger partial charge in [-0.2, -0.15) is 0 Å². The number of pyridine rings is 1. The first-order chi connectivity index (χ1) is 14.9. The topological polar surface area (TPSA) is 123 Å². The third-order valence-corrected chi connectivity index (χ3v) is 5.96. The maximum absolute atomic E-state index is 12.6. The highest BCUT2D eigenvalue weighted by molar-refractivity contribution is 7.15. The van der Waals surface area contributed by atoms with Crippen LogP contribution < -0.4 is 10.6 Å². The maximum Gasteiger partial charge on any atom is 0.293 e. The SMILES string of the molecule is CCC(CC)c1nnc(NC(=O)c2ccc(NC(C)c3ccccn3)c([N+](=O)[O-])c2)s1. The minimum Gasteiger partial charge on any atom is -0.371 e. The van der Waals surface area contributed by atoms with Crippen LogP contribution in [0.1, 0.15) is 66.6 Å². The number of anilines is 2. The molecule has 0 bridgehead atoms. The minimum absolute atomic E-state index is 0.169. The zero-order chi connectivity index (χ0) is 22.4. The number of amides is 1. The van der Waals surface area contributed by atoms with Gasteiger partial charge in [0, 0.05) is 23.7 Å². The number of benzene rings is 1. The Balaban J connectivity index is 1.77. The Kier molecular flexibility index (Phi) is 7.24. The molecule has 1 unspecified atom stereocenters. The number of aromatic nitrogens is 3. The fourth-order valence-corrected chi connectivity index (χ4v) is 4.15. The van der Waals surface area contributed by atoms with Crippen LogP contribution in [0.2, 0.25) is 0 Å². The van der Waals surface area contributed by atoms with E-state index in [2.05, 4.69) is 39.7 Å². The molecule has 31 heavy (non-hydrogen) atoms. The summed E-state index contributed by atoms with van der Waals surface area (Å²) < 4.78 is 0. The molecule has 3 rings (SSSR count). The van der Waals surface area contributed by atoms with Crippen molar-refractivity contribution >= 4 is 33.8 Å². The average Bonchev–Trinajstić information content (AvgIpc) is 3.23. The highest BCUT2D eigenvalue weighted by atomic mass is 32.1. The van der Waals surface area contributed by atoms with E-state index >= 15 is 0 Å². The summed E-state index contributed by atoms with van der Waals surface area (Å²) in [7, 11) is 0. The lowest BCUT2D eigenvalue weighted by Gasteiger charge is -2.15. The van der Waals surface area contributed by atoms with E-state index < -0.39 is 10.8 Å². The largest absolute Gasteiger partial charge is 0.371 e. The average molecular weight is 441 g/mol. The zero-order valence-electron chi connectivity index (χ0n) is 17.5. The molecule has 3 aromatic rings. The number of carbonyl (C=O) groups is 1. The highest BCUT2D eigenvalue weighted by Gasteiger charge is 2.21. The molecule has 0 aliphatic carbocycles. The van der Waals surface area contributed by atoms with E-state index in [0.717, 1.165) is 23.5 Å². The van der Waals surface area contributed by atoms with E-state index in [-0.39, 0.29) is 17.3 Å². The van der Waals surface area contributed by atoms with Gasteiger partial charge in [-0.3, -0.25) is 25.2 Å². The third kappa shape index (κ3) is 5.40. The Labute approximate surface area is 184 Å². The highest BCUT2D eigenvalue weighted by Crippen LogP contribution is 2.31. The maximum atomic E-state index is 12.6. The molecule has 0 aliphatic rings. The van der Waals surface area contributed by atoms with E-state index in [1.54, 1.807) is 18.3 Å². The molecule has 0 spiro atoms. The van der Waals surface area contributed by atoms with Crippen molar-refractivity contribution in [2.24, 2.45) is 0 Å². The first kappa shape index (κ1) is 22.3. The monoisotopic (exact) mass is 440 g/mol. The molecule has 0 radical (unpaired) electrons. The molecule has 1 aromatic carbocycles. The van der Waals surface area contributed by atoms with Crippen LogP contribution in [0.3, 0.4) is 0 Å². The van der Waals surface area contributed by atoms with Gasteiger partial charge in [0.1, 0.15) is 10.7 Å². The molecule has 0 fully saturated rings. The van der Waals surface area contributed by atoms with Crippen molar-refractivity contribution < 1.29 is 9.72 Å². The fraction of sp³-hybridized carbons (Fsp3) is 0.333. The van der Waals surface area contributed by atoms with Gasteiger partial charge in [-0.15, -0.1) is 10.2 Å². The lowest BCUT2D eigenvalue weighted by molar-refractivity contribution is -0.384. The van der Waals surface area contributed by atoms with E-state index in [0.29, 0.717) is 16.7 Å². The van der Waals surface area contributed by atoms with Gasteiger partial charge in [0.25, 0.3) is 11.6 Å². The molecule has 2 aromatic heterocycles. The number of nitrogens with one attached hydrogen (secondary N) is 2. The number of nitrogens with zero attached hydrogens (tertiary/aromatic N) is 4. The number of carbonyl (C=O) groups excluding carboxylic acids is 1. The fourth-order valence-electron chi connectivity index (χ4n) is 3.14. The lowest BCUT2D eigenvalue weighted by atomic mass is 10.1. The molecule has 9 nitrogen and oxygen atoms in total. The van der Waals surface area contributed by atoms with Gasteiger partial charge in [0.2, 0.25) is 5.13 Å². The van der Waals surface area contributed by atoms with Crippen molar-refractivity contribution in [1.29, 1.82) is 0 Å². The van der Waals surface area contributed by atoms with Crippen molar-refractivity contribution in [2.45, 2.75) is 45.6 Å². The Morgan fingerprint density at radius 2 is 1.97 bits per heavy atom. The predicted molar refractivity (Wildman–Crippen MR) is 121 cm³/mol. The molecule has 2 N–H and O–H groups in total. The Morgan fingerprint density at radius 3 is 2.61 bits per heavy atom. The van der Waals surface area contributed by atoms with Gasteiger partial charge in [-0.25, -0.2) is 0 Å². The van der Waals surface area contributed by atoms with Crippen molar-refractivity contribution in [3.05, 3.63) is 69.0 Å². The van der Waals surface area contributed by atoms with E-state index in [4.69, 9.17) is 0 Å². The second-order valence-electron chi connectivity index (χ2n) is 7.02.